The molecule has 19 heavy (non-hydrogen) atoms. The monoisotopic (exact) mass is 263 g/mol. The largest absolute Gasteiger partial charge is 0.378 e. The summed E-state index contributed by atoms with van der Waals surface area (Å²) in [6.07, 6.45) is 0.929. The lowest BCUT2D eigenvalue weighted by Crippen LogP contribution is -2.37. The van der Waals surface area contributed by atoms with E-state index >= 15 is 0 Å². The molecule has 0 spiro atoms. The Bertz CT molecular complexity index is 417. The van der Waals surface area contributed by atoms with Crippen molar-refractivity contribution in [2.24, 2.45) is 0 Å². The zero-order valence-electron chi connectivity index (χ0n) is 11.3. The third kappa shape index (κ3) is 3.86. The van der Waals surface area contributed by atoms with Gasteiger partial charge in [0.2, 0.25) is 0 Å². The van der Waals surface area contributed by atoms with Gasteiger partial charge in [-0.1, -0.05) is 19.1 Å². The zero-order valence-corrected chi connectivity index (χ0v) is 11.3. The van der Waals surface area contributed by atoms with E-state index < -0.39 is 0 Å². The summed E-state index contributed by atoms with van der Waals surface area (Å²) in [6.45, 7) is 5.89. The molecule has 1 heterocycles. The molecule has 0 aromatic heterocycles. The highest BCUT2D eigenvalue weighted by atomic mass is 16.5. The van der Waals surface area contributed by atoms with Crippen LogP contribution in [0, 0.1) is 0 Å². The highest BCUT2D eigenvalue weighted by Crippen LogP contribution is 2.26. The van der Waals surface area contributed by atoms with Gasteiger partial charge in [0.25, 0.3) is 0 Å². The molecular weight excluding hydrogens is 242 g/mol. The second kappa shape index (κ2) is 6.99. The second-order valence-corrected chi connectivity index (χ2v) is 4.50. The average molecular weight is 263 g/mol. The van der Waals surface area contributed by atoms with Gasteiger partial charge in [0, 0.05) is 19.6 Å². The molecule has 2 rings (SSSR count). The summed E-state index contributed by atoms with van der Waals surface area (Å²) >= 11 is 0. The summed E-state index contributed by atoms with van der Waals surface area (Å²) < 4.78 is 5.35. The van der Waals surface area contributed by atoms with E-state index in [4.69, 9.17) is 4.74 Å². The van der Waals surface area contributed by atoms with Gasteiger partial charge in [0.05, 0.1) is 24.6 Å². The number of benzene rings is 1. The van der Waals surface area contributed by atoms with Crippen molar-refractivity contribution in [2.75, 3.05) is 43.1 Å². The third-order valence-electron chi connectivity index (χ3n) is 3.04. The Morgan fingerprint density at radius 2 is 2.05 bits per heavy atom. The van der Waals surface area contributed by atoms with Gasteiger partial charge in [-0.3, -0.25) is 0 Å². The van der Waals surface area contributed by atoms with Crippen LogP contribution in [0.5, 0.6) is 0 Å². The Morgan fingerprint density at radius 3 is 2.79 bits per heavy atom. The predicted molar refractivity (Wildman–Crippen MR) is 76.8 cm³/mol. The molecule has 5 heteroatoms. The zero-order chi connectivity index (χ0) is 13.5. The van der Waals surface area contributed by atoms with Crippen molar-refractivity contribution in [2.45, 2.75) is 13.3 Å². The molecule has 1 aromatic carbocycles. The smallest absolute Gasteiger partial charge is 0.319 e. The first-order valence-electron chi connectivity index (χ1n) is 6.78. The van der Waals surface area contributed by atoms with E-state index in [2.05, 4.69) is 15.5 Å². The molecule has 0 bridgehead atoms. The maximum absolute atomic E-state index is 11.7. The molecule has 5 nitrogen and oxygen atoms in total. The number of hydrogen-bond acceptors (Lipinski definition) is 3. The van der Waals surface area contributed by atoms with Crippen molar-refractivity contribution < 1.29 is 9.53 Å². The minimum atomic E-state index is -0.150. The number of para-hydroxylation sites is 2. The summed E-state index contributed by atoms with van der Waals surface area (Å²) in [7, 11) is 0. The SMILES string of the molecule is CCCNC(=O)Nc1ccccc1N1CCOCC1. The van der Waals surface area contributed by atoms with Crippen molar-refractivity contribution in [3.05, 3.63) is 24.3 Å². The lowest BCUT2D eigenvalue weighted by Gasteiger charge is -2.30. The van der Waals surface area contributed by atoms with E-state index in [1.165, 1.54) is 0 Å². The van der Waals surface area contributed by atoms with Gasteiger partial charge in [0.1, 0.15) is 0 Å². The molecule has 1 aromatic rings. The quantitative estimate of drug-likeness (QED) is 0.874. The first kappa shape index (κ1) is 13.7. The van der Waals surface area contributed by atoms with Gasteiger partial charge in [0.15, 0.2) is 0 Å². The van der Waals surface area contributed by atoms with Gasteiger partial charge in [-0.05, 0) is 18.6 Å². The van der Waals surface area contributed by atoms with Crippen LogP contribution >= 0.6 is 0 Å². The summed E-state index contributed by atoms with van der Waals surface area (Å²) in [5.74, 6) is 0. The van der Waals surface area contributed by atoms with E-state index in [0.717, 1.165) is 44.1 Å². The number of nitrogens with zero attached hydrogens (tertiary/aromatic N) is 1. The first-order valence-corrected chi connectivity index (χ1v) is 6.78. The molecule has 1 fully saturated rings. The molecule has 0 unspecified atom stereocenters. The Balaban J connectivity index is 2.05. The van der Waals surface area contributed by atoms with Crippen molar-refractivity contribution in [3.8, 4) is 0 Å². The number of ether oxygens (including phenoxy) is 1. The lowest BCUT2D eigenvalue weighted by molar-refractivity contribution is 0.123. The van der Waals surface area contributed by atoms with Crippen LogP contribution in [0.3, 0.4) is 0 Å². The summed E-state index contributed by atoms with van der Waals surface area (Å²) in [6, 6.07) is 7.72. The topological polar surface area (TPSA) is 53.6 Å². The van der Waals surface area contributed by atoms with E-state index in [9.17, 15) is 4.79 Å². The fourth-order valence-electron chi connectivity index (χ4n) is 2.06. The van der Waals surface area contributed by atoms with Gasteiger partial charge < -0.3 is 20.3 Å². The fraction of sp³-hybridized carbons (Fsp3) is 0.500. The maximum Gasteiger partial charge on any atom is 0.319 e. The minimum Gasteiger partial charge on any atom is -0.378 e. The van der Waals surface area contributed by atoms with Gasteiger partial charge in [-0.2, -0.15) is 0 Å². The number of rotatable bonds is 4. The number of carbonyl (C=O) groups is 1. The Hall–Kier alpha value is -1.75. The highest BCUT2D eigenvalue weighted by Gasteiger charge is 2.15. The highest BCUT2D eigenvalue weighted by molar-refractivity contribution is 5.93. The molecule has 2 amide bonds. The van der Waals surface area contributed by atoms with E-state index in [1.54, 1.807) is 0 Å². The van der Waals surface area contributed by atoms with Crippen LogP contribution < -0.4 is 15.5 Å². The molecule has 104 valence electrons. The van der Waals surface area contributed by atoms with Crippen LogP contribution in [-0.4, -0.2) is 38.9 Å². The molecule has 0 aliphatic carbocycles. The van der Waals surface area contributed by atoms with Crippen LogP contribution in [-0.2, 0) is 4.74 Å². The van der Waals surface area contributed by atoms with Crippen LogP contribution in [0.2, 0.25) is 0 Å². The Morgan fingerprint density at radius 1 is 1.32 bits per heavy atom. The van der Waals surface area contributed by atoms with Gasteiger partial charge in [-0.15, -0.1) is 0 Å². The molecule has 1 aliphatic heterocycles. The number of nitrogens with one attached hydrogen (secondary N) is 2. The van der Waals surface area contributed by atoms with E-state index in [0.29, 0.717) is 6.54 Å². The van der Waals surface area contributed by atoms with Crippen molar-refractivity contribution in [1.82, 2.24) is 5.32 Å². The maximum atomic E-state index is 11.7. The normalized spacial score (nSPS) is 15.1. The molecule has 0 saturated carbocycles. The molecule has 0 radical (unpaired) electrons. The van der Waals surface area contributed by atoms with Crippen LogP contribution in [0.4, 0.5) is 16.2 Å². The van der Waals surface area contributed by atoms with Crippen molar-refractivity contribution >= 4 is 17.4 Å². The molecule has 1 saturated heterocycles. The molecule has 0 atom stereocenters. The third-order valence-corrected chi connectivity index (χ3v) is 3.04. The number of anilines is 2. The Kier molecular flexibility index (Phi) is 5.03. The van der Waals surface area contributed by atoms with E-state index in [1.807, 2.05) is 31.2 Å². The summed E-state index contributed by atoms with van der Waals surface area (Å²) in [5.41, 5.74) is 1.90. The number of amides is 2. The standard InChI is InChI=1S/C14H21N3O2/c1-2-7-15-14(18)16-12-5-3-4-6-13(12)17-8-10-19-11-9-17/h3-6H,2,7-11H2,1H3,(H2,15,16,18). The van der Waals surface area contributed by atoms with Crippen molar-refractivity contribution in [3.63, 3.8) is 0 Å². The minimum absolute atomic E-state index is 0.150. The first-order chi connectivity index (χ1) is 9.31. The molecule has 2 N–H and O–H groups in total. The molecule has 1 aliphatic rings. The molecular formula is C14H21N3O2. The Labute approximate surface area is 113 Å². The van der Waals surface area contributed by atoms with Crippen LogP contribution in [0.1, 0.15) is 13.3 Å². The van der Waals surface area contributed by atoms with Crippen LogP contribution in [0.15, 0.2) is 24.3 Å². The van der Waals surface area contributed by atoms with Crippen LogP contribution in [0.25, 0.3) is 0 Å². The second-order valence-electron chi connectivity index (χ2n) is 4.50. The lowest BCUT2D eigenvalue weighted by atomic mass is 10.2. The number of urea groups is 1. The van der Waals surface area contributed by atoms with Gasteiger partial charge >= 0.3 is 6.03 Å². The average Bonchev–Trinajstić information content (AvgIpc) is 2.46. The summed E-state index contributed by atoms with van der Waals surface area (Å²) in [4.78, 5) is 14.0. The van der Waals surface area contributed by atoms with Crippen molar-refractivity contribution in [1.29, 1.82) is 0 Å². The van der Waals surface area contributed by atoms with Gasteiger partial charge in [-0.25, -0.2) is 4.79 Å². The summed E-state index contributed by atoms with van der Waals surface area (Å²) in [5, 5.41) is 5.73. The predicted octanol–water partition coefficient (Wildman–Crippen LogP) is 2.05. The fourth-order valence-corrected chi connectivity index (χ4v) is 2.06. The number of hydrogen-bond donors (Lipinski definition) is 2. The number of morpholine rings is 1. The number of carbonyl (C=O) groups excluding carboxylic acids is 1. The van der Waals surface area contributed by atoms with E-state index in [-0.39, 0.29) is 6.03 Å².